The Bertz CT molecular complexity index is 733. The highest BCUT2D eigenvalue weighted by molar-refractivity contribution is 14.0. The molecule has 0 spiro atoms. The summed E-state index contributed by atoms with van der Waals surface area (Å²) in [5.41, 5.74) is 0. The highest BCUT2D eigenvalue weighted by Gasteiger charge is 2.23. The summed E-state index contributed by atoms with van der Waals surface area (Å²) in [4.78, 5) is 13.0. The number of aryl methyl sites for hydroxylation is 1. The lowest BCUT2D eigenvalue weighted by molar-refractivity contribution is 0.319. The number of nitrogens with zero attached hydrogens (tertiary/aromatic N) is 5. The number of fused-ring (bicyclic) bond motifs is 1. The Morgan fingerprint density at radius 1 is 1.44 bits per heavy atom. The zero-order valence-electron chi connectivity index (χ0n) is 16.1. The minimum absolute atomic E-state index is 0. The SMILES string of the molecule is CN=C(NCCOc1cccnc1)NC1CCc2nc(C(C)C)nn2C1.I. The van der Waals surface area contributed by atoms with Crippen molar-refractivity contribution in [2.24, 2.45) is 4.99 Å². The van der Waals surface area contributed by atoms with Crippen molar-refractivity contribution in [3.8, 4) is 5.75 Å². The van der Waals surface area contributed by atoms with Gasteiger partial charge in [-0.1, -0.05) is 13.8 Å². The van der Waals surface area contributed by atoms with Crippen LogP contribution < -0.4 is 15.4 Å². The number of aliphatic imine (C=N–C) groups is 1. The molecule has 27 heavy (non-hydrogen) atoms. The second-order valence-electron chi connectivity index (χ2n) is 6.64. The molecule has 8 nitrogen and oxygen atoms in total. The summed E-state index contributed by atoms with van der Waals surface area (Å²) < 4.78 is 7.66. The molecule has 1 unspecified atom stereocenters. The Morgan fingerprint density at radius 2 is 2.30 bits per heavy atom. The smallest absolute Gasteiger partial charge is 0.191 e. The van der Waals surface area contributed by atoms with Crippen LogP contribution in [0.1, 0.15) is 37.8 Å². The van der Waals surface area contributed by atoms with Crippen LogP contribution in [0, 0.1) is 0 Å². The molecule has 0 aromatic carbocycles. The Morgan fingerprint density at radius 3 is 3.00 bits per heavy atom. The van der Waals surface area contributed by atoms with Gasteiger partial charge in [0, 0.05) is 31.6 Å². The monoisotopic (exact) mass is 485 g/mol. The summed E-state index contributed by atoms with van der Waals surface area (Å²) in [6, 6.07) is 4.04. The van der Waals surface area contributed by atoms with Crippen LogP contribution in [0.5, 0.6) is 5.75 Å². The second-order valence-corrected chi connectivity index (χ2v) is 6.64. The molecule has 1 atom stereocenters. The Balaban J connectivity index is 0.00000261. The number of rotatable bonds is 6. The normalized spacial score (nSPS) is 16.4. The molecule has 3 rings (SSSR count). The maximum absolute atomic E-state index is 5.63. The summed E-state index contributed by atoms with van der Waals surface area (Å²) in [5, 5.41) is 11.4. The number of nitrogens with one attached hydrogen (secondary N) is 2. The second kappa shape index (κ2) is 10.4. The lowest BCUT2D eigenvalue weighted by Crippen LogP contribution is -2.47. The first-order chi connectivity index (χ1) is 12.7. The largest absolute Gasteiger partial charge is 0.490 e. The lowest BCUT2D eigenvalue weighted by atomic mass is 10.1. The van der Waals surface area contributed by atoms with Crippen molar-refractivity contribution in [3.05, 3.63) is 36.2 Å². The van der Waals surface area contributed by atoms with Crippen LogP contribution in [0.2, 0.25) is 0 Å². The highest BCUT2D eigenvalue weighted by atomic mass is 127. The number of pyridine rings is 1. The van der Waals surface area contributed by atoms with Gasteiger partial charge in [-0.25, -0.2) is 9.67 Å². The molecule has 0 bridgehead atoms. The standard InChI is InChI=1S/C18H27N7O.HI/c1-13(2)17-23-16-7-6-14(12-25(16)24-17)22-18(19-3)21-9-10-26-15-5-4-8-20-11-15;/h4-5,8,11,13-14H,6-7,9-10,12H2,1-3H3,(H2,19,21,22);1H. The number of aromatic nitrogens is 4. The first-order valence-corrected chi connectivity index (χ1v) is 9.09. The van der Waals surface area contributed by atoms with Gasteiger partial charge in [-0.3, -0.25) is 9.98 Å². The molecule has 0 fully saturated rings. The van der Waals surface area contributed by atoms with Gasteiger partial charge in [0.1, 0.15) is 18.2 Å². The minimum Gasteiger partial charge on any atom is -0.490 e. The number of ether oxygens (including phenoxy) is 1. The van der Waals surface area contributed by atoms with E-state index < -0.39 is 0 Å². The zero-order valence-corrected chi connectivity index (χ0v) is 18.4. The van der Waals surface area contributed by atoms with E-state index >= 15 is 0 Å². The third-order valence-electron chi connectivity index (χ3n) is 4.25. The molecule has 1 aliphatic heterocycles. The van der Waals surface area contributed by atoms with Gasteiger partial charge in [-0.2, -0.15) is 5.10 Å². The van der Waals surface area contributed by atoms with Crippen molar-refractivity contribution in [1.82, 2.24) is 30.4 Å². The highest BCUT2D eigenvalue weighted by Crippen LogP contribution is 2.16. The van der Waals surface area contributed by atoms with Gasteiger partial charge in [0.2, 0.25) is 0 Å². The van der Waals surface area contributed by atoms with Crippen LogP contribution in [0.15, 0.2) is 29.5 Å². The lowest BCUT2D eigenvalue weighted by Gasteiger charge is -2.25. The van der Waals surface area contributed by atoms with E-state index in [1.165, 1.54) is 0 Å². The molecule has 2 aromatic heterocycles. The Kier molecular flexibility index (Phi) is 8.26. The fourth-order valence-electron chi connectivity index (χ4n) is 2.85. The van der Waals surface area contributed by atoms with E-state index in [2.05, 4.69) is 44.5 Å². The van der Waals surface area contributed by atoms with Gasteiger partial charge in [0.05, 0.1) is 19.3 Å². The molecule has 0 amide bonds. The van der Waals surface area contributed by atoms with Crippen molar-refractivity contribution in [2.45, 2.75) is 45.2 Å². The molecular weight excluding hydrogens is 457 g/mol. The van der Waals surface area contributed by atoms with Gasteiger partial charge < -0.3 is 15.4 Å². The number of guanidine groups is 1. The maximum Gasteiger partial charge on any atom is 0.191 e. The molecule has 1 aliphatic rings. The molecule has 2 N–H and O–H groups in total. The molecule has 3 heterocycles. The van der Waals surface area contributed by atoms with Gasteiger partial charge >= 0.3 is 0 Å². The van der Waals surface area contributed by atoms with Gasteiger partial charge in [-0.05, 0) is 18.6 Å². The third-order valence-corrected chi connectivity index (χ3v) is 4.25. The Labute approximate surface area is 177 Å². The molecular formula is C18H28IN7O. The quantitative estimate of drug-likeness (QED) is 0.282. The molecule has 0 aliphatic carbocycles. The fraction of sp³-hybridized carbons (Fsp3) is 0.556. The topological polar surface area (TPSA) is 89.2 Å². The van der Waals surface area contributed by atoms with Crippen LogP contribution in [0.4, 0.5) is 0 Å². The molecule has 0 saturated carbocycles. The van der Waals surface area contributed by atoms with Gasteiger partial charge in [-0.15, -0.1) is 24.0 Å². The van der Waals surface area contributed by atoms with Crippen LogP contribution in [0.25, 0.3) is 0 Å². The summed E-state index contributed by atoms with van der Waals surface area (Å²) in [5.74, 6) is 3.91. The van der Waals surface area contributed by atoms with E-state index in [1.54, 1.807) is 19.4 Å². The van der Waals surface area contributed by atoms with Crippen molar-refractivity contribution in [3.63, 3.8) is 0 Å². The van der Waals surface area contributed by atoms with Crippen LogP contribution in [-0.4, -0.2) is 51.9 Å². The molecule has 148 valence electrons. The summed E-state index contributed by atoms with van der Waals surface area (Å²) in [6.07, 6.45) is 5.38. The predicted molar refractivity (Wildman–Crippen MR) is 116 cm³/mol. The molecule has 0 radical (unpaired) electrons. The molecule has 9 heteroatoms. The Hall–Kier alpha value is -1.91. The summed E-state index contributed by atoms with van der Waals surface area (Å²) in [7, 11) is 1.78. The molecule has 0 saturated heterocycles. The van der Waals surface area contributed by atoms with Gasteiger partial charge in [0.15, 0.2) is 11.8 Å². The average Bonchev–Trinajstić information content (AvgIpc) is 3.09. The van der Waals surface area contributed by atoms with E-state index in [1.807, 2.05) is 16.8 Å². The van der Waals surface area contributed by atoms with E-state index in [0.29, 0.717) is 19.1 Å². The van der Waals surface area contributed by atoms with Crippen molar-refractivity contribution < 1.29 is 4.74 Å². The van der Waals surface area contributed by atoms with Crippen molar-refractivity contribution >= 4 is 29.9 Å². The molecule has 2 aromatic rings. The fourth-order valence-corrected chi connectivity index (χ4v) is 2.85. The summed E-state index contributed by atoms with van der Waals surface area (Å²) in [6.45, 7) is 6.25. The minimum atomic E-state index is 0. The van der Waals surface area contributed by atoms with E-state index in [4.69, 9.17) is 4.74 Å². The van der Waals surface area contributed by atoms with Crippen LogP contribution in [-0.2, 0) is 13.0 Å². The van der Waals surface area contributed by atoms with E-state index in [0.717, 1.165) is 42.7 Å². The predicted octanol–water partition coefficient (Wildman–Crippen LogP) is 1.97. The maximum atomic E-state index is 5.63. The van der Waals surface area contributed by atoms with Crippen molar-refractivity contribution in [1.29, 1.82) is 0 Å². The first-order valence-electron chi connectivity index (χ1n) is 9.09. The number of hydrogen-bond acceptors (Lipinski definition) is 5. The first kappa shape index (κ1) is 21.4. The average molecular weight is 485 g/mol. The number of hydrogen-bond donors (Lipinski definition) is 2. The van der Waals surface area contributed by atoms with Crippen LogP contribution >= 0.6 is 24.0 Å². The number of halogens is 1. The van der Waals surface area contributed by atoms with Crippen molar-refractivity contribution in [2.75, 3.05) is 20.2 Å². The van der Waals surface area contributed by atoms with E-state index in [-0.39, 0.29) is 30.0 Å². The zero-order chi connectivity index (χ0) is 18.4. The van der Waals surface area contributed by atoms with Crippen LogP contribution in [0.3, 0.4) is 0 Å². The van der Waals surface area contributed by atoms with E-state index in [9.17, 15) is 0 Å². The van der Waals surface area contributed by atoms with Gasteiger partial charge in [0.25, 0.3) is 0 Å². The summed E-state index contributed by atoms with van der Waals surface area (Å²) >= 11 is 0. The third kappa shape index (κ3) is 6.05.